The number of halogens is 1. The van der Waals surface area contributed by atoms with Crippen LogP contribution in [0.3, 0.4) is 0 Å². The lowest BCUT2D eigenvalue weighted by Crippen LogP contribution is -2.38. The van der Waals surface area contributed by atoms with Crippen molar-refractivity contribution in [1.29, 1.82) is 0 Å². The predicted octanol–water partition coefficient (Wildman–Crippen LogP) is 5.95. The Hall–Kier alpha value is -2.90. The maximum absolute atomic E-state index is 13.5. The first-order valence-electron chi connectivity index (χ1n) is 12.2. The summed E-state index contributed by atoms with van der Waals surface area (Å²) >= 11 is 3.56. The molecule has 2 amide bonds. The predicted molar refractivity (Wildman–Crippen MR) is 141 cm³/mol. The molecule has 6 nitrogen and oxygen atoms in total. The van der Waals surface area contributed by atoms with E-state index in [1.54, 1.807) is 0 Å². The van der Waals surface area contributed by atoms with E-state index in [4.69, 9.17) is 4.74 Å². The van der Waals surface area contributed by atoms with Crippen molar-refractivity contribution in [3.05, 3.63) is 75.5 Å². The van der Waals surface area contributed by atoms with E-state index < -0.39 is 0 Å². The third-order valence-electron chi connectivity index (χ3n) is 7.44. The number of rotatable bonds is 3. The molecule has 0 aliphatic carbocycles. The van der Waals surface area contributed by atoms with Crippen LogP contribution in [0.5, 0.6) is 0 Å². The van der Waals surface area contributed by atoms with Crippen LogP contribution in [-0.4, -0.2) is 25.0 Å². The summed E-state index contributed by atoms with van der Waals surface area (Å²) in [6.45, 7) is 10.0. The van der Waals surface area contributed by atoms with Crippen molar-refractivity contribution >= 4 is 44.8 Å². The summed E-state index contributed by atoms with van der Waals surface area (Å²) in [4.78, 5) is 30.7. The highest BCUT2D eigenvalue weighted by atomic mass is 79.9. The number of hydrogen-bond donors (Lipinski definition) is 1. The minimum atomic E-state index is -0.166. The van der Waals surface area contributed by atoms with Crippen LogP contribution in [0.1, 0.15) is 54.2 Å². The van der Waals surface area contributed by atoms with Crippen molar-refractivity contribution in [3.63, 3.8) is 0 Å². The maximum atomic E-state index is 13.5. The zero-order chi connectivity index (χ0) is 24.4. The molecule has 4 aliphatic heterocycles. The van der Waals surface area contributed by atoms with Crippen LogP contribution in [0.4, 0.5) is 17.1 Å². The van der Waals surface area contributed by atoms with Gasteiger partial charge in [-0.05, 0) is 66.6 Å². The molecule has 0 saturated carbocycles. The zero-order valence-electron chi connectivity index (χ0n) is 19.9. The first-order valence-corrected chi connectivity index (χ1v) is 13.0. The molecule has 1 N–H and O–H groups in total. The van der Waals surface area contributed by atoms with Gasteiger partial charge in [0.15, 0.2) is 0 Å². The van der Waals surface area contributed by atoms with Gasteiger partial charge in [-0.25, -0.2) is 0 Å². The molecule has 4 aliphatic rings. The van der Waals surface area contributed by atoms with Crippen LogP contribution >= 0.6 is 15.9 Å². The average molecular weight is 534 g/mol. The average Bonchev–Trinajstić information content (AvgIpc) is 3.33. The van der Waals surface area contributed by atoms with Crippen molar-refractivity contribution in [3.8, 4) is 0 Å². The van der Waals surface area contributed by atoms with E-state index >= 15 is 0 Å². The Labute approximate surface area is 213 Å². The third-order valence-corrected chi connectivity index (χ3v) is 7.93. The molecule has 1 fully saturated rings. The molecule has 1 unspecified atom stereocenters. The van der Waals surface area contributed by atoms with Gasteiger partial charge in [-0.2, -0.15) is 0 Å². The minimum Gasteiger partial charge on any atom is -0.381 e. The van der Waals surface area contributed by atoms with E-state index in [2.05, 4.69) is 53.8 Å². The highest BCUT2D eigenvalue weighted by molar-refractivity contribution is 9.10. The highest BCUT2D eigenvalue weighted by Crippen LogP contribution is 2.51. The second kappa shape index (κ2) is 8.35. The van der Waals surface area contributed by atoms with Crippen LogP contribution in [0.25, 0.3) is 0 Å². The lowest BCUT2D eigenvalue weighted by atomic mass is 9.92. The number of amides is 2. The van der Waals surface area contributed by atoms with Gasteiger partial charge in [-0.15, -0.1) is 0 Å². The maximum Gasteiger partial charge on any atom is 0.272 e. The van der Waals surface area contributed by atoms with E-state index in [0.717, 1.165) is 46.4 Å². The van der Waals surface area contributed by atoms with Gasteiger partial charge in [0, 0.05) is 40.6 Å². The molecule has 180 valence electrons. The second-order valence-electron chi connectivity index (χ2n) is 10.1. The molecule has 2 aromatic carbocycles. The number of carbonyl (C=O) groups excluding carboxylic acids is 2. The lowest BCUT2D eigenvalue weighted by molar-refractivity contribution is -0.113. The second-order valence-corrected chi connectivity index (χ2v) is 11.0. The normalized spacial score (nSPS) is 22.3. The van der Waals surface area contributed by atoms with E-state index in [9.17, 15) is 9.59 Å². The molecule has 7 heteroatoms. The van der Waals surface area contributed by atoms with Gasteiger partial charge in [0.05, 0.1) is 17.4 Å². The van der Waals surface area contributed by atoms with Gasteiger partial charge in [-0.1, -0.05) is 42.4 Å². The Kier molecular flexibility index (Phi) is 5.38. The molecule has 0 bridgehead atoms. The summed E-state index contributed by atoms with van der Waals surface area (Å²) < 4.78 is 6.59. The summed E-state index contributed by atoms with van der Waals surface area (Å²) in [5, 5.41) is 3.05. The van der Waals surface area contributed by atoms with Crippen molar-refractivity contribution in [1.82, 2.24) is 0 Å². The number of nitrogens with zero attached hydrogens (tertiary/aromatic N) is 2. The van der Waals surface area contributed by atoms with E-state index in [-0.39, 0.29) is 29.7 Å². The quantitative estimate of drug-likeness (QED) is 0.495. The number of anilines is 3. The van der Waals surface area contributed by atoms with Crippen molar-refractivity contribution in [2.75, 3.05) is 28.3 Å². The largest absolute Gasteiger partial charge is 0.381 e. The summed E-state index contributed by atoms with van der Waals surface area (Å²) in [6, 6.07) is 10.0. The van der Waals surface area contributed by atoms with Crippen LogP contribution in [0, 0.1) is 11.8 Å². The topological polar surface area (TPSA) is 61.9 Å². The third kappa shape index (κ3) is 3.55. The van der Waals surface area contributed by atoms with Crippen molar-refractivity contribution in [2.24, 2.45) is 11.8 Å². The van der Waals surface area contributed by atoms with Gasteiger partial charge in [-0.3, -0.25) is 9.59 Å². The first-order chi connectivity index (χ1) is 16.8. The summed E-state index contributed by atoms with van der Waals surface area (Å²) in [5.41, 5.74) is 6.86. The number of allylic oxidation sites excluding steroid dienone is 2. The van der Waals surface area contributed by atoms with Crippen molar-refractivity contribution < 1.29 is 14.3 Å². The molecule has 4 heterocycles. The minimum absolute atomic E-state index is 0.0125. The van der Waals surface area contributed by atoms with Crippen LogP contribution in [0.15, 0.2) is 58.9 Å². The van der Waals surface area contributed by atoms with Gasteiger partial charge in [0.25, 0.3) is 11.8 Å². The molecular weight excluding hydrogens is 506 g/mol. The SMILES string of the molecule is C=C(C1CCOCC1)N1/C(=C\C(C)C)C(=O)Nc2cc3c(cc21)C1Cc2cc(Br)ccc2N1C3=O. The van der Waals surface area contributed by atoms with E-state index in [0.29, 0.717) is 30.2 Å². The van der Waals surface area contributed by atoms with Crippen LogP contribution in [-0.2, 0) is 16.0 Å². The van der Waals surface area contributed by atoms with Crippen LogP contribution < -0.4 is 15.1 Å². The van der Waals surface area contributed by atoms with Gasteiger partial charge >= 0.3 is 0 Å². The Morgan fingerprint density at radius 3 is 2.69 bits per heavy atom. The smallest absolute Gasteiger partial charge is 0.272 e. The van der Waals surface area contributed by atoms with Crippen molar-refractivity contribution in [2.45, 2.75) is 39.2 Å². The van der Waals surface area contributed by atoms with Gasteiger partial charge in [0.2, 0.25) is 0 Å². The molecule has 6 rings (SSSR count). The number of ether oxygens (including phenoxy) is 1. The Bertz CT molecular complexity index is 1310. The van der Waals surface area contributed by atoms with Gasteiger partial charge < -0.3 is 19.9 Å². The summed E-state index contributed by atoms with van der Waals surface area (Å²) in [6.07, 6.45) is 4.53. The number of nitrogens with one attached hydrogen (secondary N) is 1. The number of carbonyl (C=O) groups is 2. The van der Waals surface area contributed by atoms with Crippen LogP contribution in [0.2, 0.25) is 0 Å². The Balaban J connectivity index is 1.47. The van der Waals surface area contributed by atoms with E-state index in [1.165, 1.54) is 5.56 Å². The number of benzene rings is 2. The Morgan fingerprint density at radius 1 is 1.17 bits per heavy atom. The summed E-state index contributed by atoms with van der Waals surface area (Å²) in [7, 11) is 0. The molecule has 0 aromatic heterocycles. The molecular formula is C28H28BrN3O3. The standard InChI is InChI=1S/C28H28BrN3O3/c1-15(2)10-26-27(33)30-22-13-21-20(14-25(22)31(26)16(3)17-6-8-35-9-7-17)24-12-18-11-19(29)4-5-23(18)32(24)28(21)34/h4-5,10-11,13-15,17,24H,3,6-9,12H2,1-2H3,(H,30,33)/b26-10-. The Morgan fingerprint density at radius 2 is 1.94 bits per heavy atom. The highest BCUT2D eigenvalue weighted by Gasteiger charge is 2.45. The fourth-order valence-electron chi connectivity index (χ4n) is 5.81. The fourth-order valence-corrected chi connectivity index (χ4v) is 6.22. The number of hydrogen-bond acceptors (Lipinski definition) is 4. The summed E-state index contributed by atoms with van der Waals surface area (Å²) in [5.74, 6) is 0.246. The van der Waals surface area contributed by atoms with E-state index in [1.807, 2.05) is 34.1 Å². The van der Waals surface area contributed by atoms with Gasteiger partial charge in [0.1, 0.15) is 5.70 Å². The monoisotopic (exact) mass is 533 g/mol. The zero-order valence-corrected chi connectivity index (χ0v) is 21.5. The molecule has 1 saturated heterocycles. The first kappa shape index (κ1) is 22.6. The lowest BCUT2D eigenvalue weighted by Gasteiger charge is -2.39. The fraction of sp³-hybridized carbons (Fsp3) is 0.357. The molecule has 1 atom stereocenters. The number of fused-ring (bicyclic) bond motifs is 6. The molecule has 2 aromatic rings. The molecule has 35 heavy (non-hydrogen) atoms. The molecule has 0 radical (unpaired) electrons. The molecule has 0 spiro atoms.